The Morgan fingerprint density at radius 3 is 2.22 bits per heavy atom. The second-order valence-corrected chi connectivity index (χ2v) is 12.7. The van der Waals surface area contributed by atoms with Gasteiger partial charge in [0.25, 0.3) is 0 Å². The molecular weight excluding hydrogens is 635 g/mol. The van der Waals surface area contributed by atoms with Crippen molar-refractivity contribution in [1.82, 2.24) is 4.98 Å². The van der Waals surface area contributed by atoms with E-state index >= 15 is 0 Å². The first kappa shape index (κ1) is 30.0. The van der Waals surface area contributed by atoms with Crippen molar-refractivity contribution in [2.45, 2.75) is 91.8 Å². The van der Waals surface area contributed by atoms with E-state index < -0.39 is 0 Å². The Bertz CT molecular complexity index is 1160. The van der Waals surface area contributed by atoms with Crippen molar-refractivity contribution in [2.24, 2.45) is 22.7 Å². The van der Waals surface area contributed by atoms with Crippen molar-refractivity contribution in [1.29, 1.82) is 0 Å². The van der Waals surface area contributed by atoms with Crippen molar-refractivity contribution in [2.75, 3.05) is 0 Å². The SMILES string of the molecule is CC(C)c1ccc2ccc(-c3[c-]cccc3)nc2c1.CC1(C)CCCC2CCC(C)(C)C(O)C2C1O.[Ir]. The molecule has 0 bridgehead atoms. The van der Waals surface area contributed by atoms with Gasteiger partial charge in [-0.05, 0) is 71.1 Å². The van der Waals surface area contributed by atoms with Crippen LogP contribution in [0.5, 0.6) is 0 Å². The number of nitrogens with zero attached hydrogens (tertiary/aromatic N) is 1. The smallest absolute Gasteiger partial charge is 0.0646 e. The van der Waals surface area contributed by atoms with Gasteiger partial charge in [0.1, 0.15) is 0 Å². The van der Waals surface area contributed by atoms with Gasteiger partial charge in [0.2, 0.25) is 0 Å². The third kappa shape index (κ3) is 6.71. The van der Waals surface area contributed by atoms with Gasteiger partial charge >= 0.3 is 0 Å². The number of rotatable bonds is 2. The van der Waals surface area contributed by atoms with E-state index in [0.717, 1.165) is 29.6 Å². The van der Waals surface area contributed by atoms with E-state index in [0.29, 0.717) is 11.8 Å². The van der Waals surface area contributed by atoms with E-state index in [9.17, 15) is 10.2 Å². The molecule has 2 aromatic carbocycles. The number of fused-ring (bicyclic) bond motifs is 2. The maximum atomic E-state index is 10.7. The van der Waals surface area contributed by atoms with Gasteiger partial charge in [0.15, 0.2) is 0 Å². The molecule has 4 unspecified atom stereocenters. The van der Waals surface area contributed by atoms with Gasteiger partial charge < -0.3 is 10.2 Å². The molecule has 2 N–H and O–H groups in total. The van der Waals surface area contributed by atoms with E-state index in [4.69, 9.17) is 4.98 Å². The normalized spacial score (nSPS) is 26.3. The second kappa shape index (κ2) is 12.1. The number of hydrogen-bond donors (Lipinski definition) is 2. The Labute approximate surface area is 237 Å². The average Bonchev–Trinajstić information content (AvgIpc) is 2.97. The summed E-state index contributed by atoms with van der Waals surface area (Å²) in [7, 11) is 0. The van der Waals surface area contributed by atoms with Crippen LogP contribution in [-0.2, 0) is 20.1 Å². The largest absolute Gasteiger partial charge is 0.392 e. The fourth-order valence-corrected chi connectivity index (χ4v) is 6.13. The Hall–Kier alpha value is -1.58. The van der Waals surface area contributed by atoms with Crippen molar-refractivity contribution in [3.8, 4) is 11.3 Å². The van der Waals surface area contributed by atoms with E-state index in [-0.39, 0.29) is 49.1 Å². The topological polar surface area (TPSA) is 53.4 Å². The molecule has 3 nitrogen and oxygen atoms in total. The number of aromatic nitrogens is 1. The summed E-state index contributed by atoms with van der Waals surface area (Å²) >= 11 is 0. The van der Waals surface area contributed by atoms with Crippen LogP contribution < -0.4 is 0 Å². The van der Waals surface area contributed by atoms with Gasteiger partial charge in [0, 0.05) is 26.0 Å². The minimum absolute atomic E-state index is 0. The molecule has 3 aromatic rings. The zero-order chi connectivity index (χ0) is 26.1. The van der Waals surface area contributed by atoms with Crippen LogP contribution in [0.1, 0.15) is 85.1 Å². The molecule has 4 heteroatoms. The van der Waals surface area contributed by atoms with Gasteiger partial charge in [-0.1, -0.05) is 72.2 Å². The number of pyridine rings is 1. The monoisotopic (exact) mass is 679 g/mol. The molecule has 203 valence electrons. The van der Waals surface area contributed by atoms with Crippen molar-refractivity contribution < 1.29 is 30.3 Å². The molecule has 2 saturated carbocycles. The van der Waals surface area contributed by atoms with Crippen molar-refractivity contribution >= 4 is 10.9 Å². The zero-order valence-electron chi connectivity index (χ0n) is 23.3. The molecule has 4 atom stereocenters. The molecule has 0 spiro atoms. The van der Waals surface area contributed by atoms with Crippen molar-refractivity contribution in [3.63, 3.8) is 0 Å². The van der Waals surface area contributed by atoms with Crippen LogP contribution in [0.4, 0.5) is 0 Å². The van der Waals surface area contributed by atoms with E-state index in [1.165, 1.54) is 30.2 Å². The molecule has 2 aliphatic rings. The van der Waals surface area contributed by atoms with Crippen LogP contribution in [0.3, 0.4) is 0 Å². The molecule has 0 aliphatic heterocycles. The third-order valence-electron chi connectivity index (χ3n) is 8.80. The summed E-state index contributed by atoms with van der Waals surface area (Å²) in [4.78, 5) is 4.76. The number of aliphatic hydroxyl groups is 2. The molecule has 1 aromatic heterocycles. The van der Waals surface area contributed by atoms with E-state index in [2.05, 4.69) is 77.9 Å². The maximum absolute atomic E-state index is 10.7. The molecule has 5 rings (SSSR count). The van der Waals surface area contributed by atoms with Crippen LogP contribution in [0, 0.1) is 28.7 Å². The summed E-state index contributed by atoms with van der Waals surface area (Å²) in [5.41, 5.74) is 4.32. The van der Waals surface area contributed by atoms with Gasteiger partial charge in [-0.2, -0.15) is 0 Å². The second-order valence-electron chi connectivity index (χ2n) is 12.7. The summed E-state index contributed by atoms with van der Waals surface area (Å²) in [6.07, 6.45) is 4.99. The van der Waals surface area contributed by atoms with Crippen molar-refractivity contribution in [3.05, 3.63) is 66.2 Å². The van der Waals surface area contributed by atoms with Crippen LogP contribution in [-0.4, -0.2) is 27.4 Å². The molecule has 0 amide bonds. The summed E-state index contributed by atoms with van der Waals surface area (Å²) in [6, 6.07) is 21.9. The summed E-state index contributed by atoms with van der Waals surface area (Å²) < 4.78 is 0. The fourth-order valence-electron chi connectivity index (χ4n) is 6.13. The maximum Gasteiger partial charge on any atom is 0.0646 e. The predicted molar refractivity (Wildman–Crippen MR) is 150 cm³/mol. The Balaban J connectivity index is 0.000000201. The average molecular weight is 679 g/mol. The minimum Gasteiger partial charge on any atom is -0.392 e. The first-order chi connectivity index (χ1) is 17.0. The first-order valence-corrected chi connectivity index (χ1v) is 13.7. The number of benzene rings is 2. The first-order valence-electron chi connectivity index (χ1n) is 13.7. The summed E-state index contributed by atoms with van der Waals surface area (Å²) in [6.45, 7) is 13.0. The summed E-state index contributed by atoms with van der Waals surface area (Å²) in [5.74, 6) is 1.13. The Morgan fingerprint density at radius 2 is 1.57 bits per heavy atom. The summed E-state index contributed by atoms with van der Waals surface area (Å²) in [5, 5.41) is 22.4. The van der Waals surface area contributed by atoms with E-state index in [1.54, 1.807) is 0 Å². The number of aliphatic hydroxyl groups excluding tert-OH is 2. The molecule has 2 fully saturated rings. The van der Waals surface area contributed by atoms with Gasteiger partial charge in [-0.3, -0.25) is 4.98 Å². The molecule has 0 saturated heterocycles. The molecule has 1 radical (unpaired) electrons. The van der Waals surface area contributed by atoms with Crippen LogP contribution in [0.2, 0.25) is 0 Å². The number of hydrogen-bond acceptors (Lipinski definition) is 3. The third-order valence-corrected chi connectivity index (χ3v) is 8.80. The van der Waals surface area contributed by atoms with Crippen LogP contribution >= 0.6 is 0 Å². The van der Waals surface area contributed by atoms with Gasteiger partial charge in [0.05, 0.1) is 17.7 Å². The Morgan fingerprint density at radius 1 is 0.892 bits per heavy atom. The molecule has 37 heavy (non-hydrogen) atoms. The Kier molecular flexibility index (Phi) is 9.78. The zero-order valence-corrected chi connectivity index (χ0v) is 25.7. The quantitative estimate of drug-likeness (QED) is 0.272. The molecular formula is C33H44IrNO2-. The van der Waals surface area contributed by atoms with Crippen LogP contribution in [0.25, 0.3) is 22.2 Å². The predicted octanol–water partition coefficient (Wildman–Crippen LogP) is 7.79. The van der Waals surface area contributed by atoms with Crippen LogP contribution in [0.15, 0.2) is 54.6 Å². The van der Waals surface area contributed by atoms with Gasteiger partial charge in [-0.15, -0.1) is 35.9 Å². The molecule has 1 heterocycles. The van der Waals surface area contributed by atoms with Gasteiger partial charge in [-0.25, -0.2) is 0 Å². The standard InChI is InChI=1S/C18H16N.C15H28O2.Ir/c1-13(2)16-9-8-15-10-11-17(19-18(15)12-16)14-6-4-3-5-7-14;1-14(2)8-5-6-10-7-9-15(3,4)13(17)11(10)12(14)16;/h3-6,8-13H,1-2H3;10-13,16-17H,5-9H2,1-4H3;/q-1;;. The fraction of sp³-hybridized carbons (Fsp3) is 0.545. The van der Waals surface area contributed by atoms with E-state index in [1.807, 2.05) is 24.3 Å². The minimum atomic E-state index is -0.357. The molecule has 2 aliphatic carbocycles.